The Kier molecular flexibility index (Phi) is 9.11. The number of nitrogens with one attached hydrogen (secondary N) is 2. The molecule has 8 heteroatoms. The van der Waals surface area contributed by atoms with E-state index >= 15 is 0 Å². The minimum Gasteiger partial charge on any atom is -0.497 e. The number of carbonyl (C=O) groups excluding carboxylic acids is 3. The molecule has 0 aromatic heterocycles. The van der Waals surface area contributed by atoms with Crippen molar-refractivity contribution in [2.45, 2.75) is 45.2 Å². The van der Waals surface area contributed by atoms with Crippen LogP contribution in [-0.4, -0.2) is 62.0 Å². The van der Waals surface area contributed by atoms with Gasteiger partial charge in [0.1, 0.15) is 17.5 Å². The van der Waals surface area contributed by atoms with Crippen molar-refractivity contribution >= 4 is 17.7 Å². The lowest BCUT2D eigenvalue weighted by molar-refractivity contribution is -0.125. The standard InChI is InChI=1S/C27H35N3O5/c1-5-18(2)28-26(32)24(29-25(31)20-6-10-22(34-3)11-7-20)19-14-16-30(17-15-19)27(33)21-8-12-23(35-4)13-9-21/h6-13,18-19,24H,5,14-17H2,1-4H3,(H,28,32)(H,29,31). The number of amides is 3. The van der Waals surface area contributed by atoms with E-state index in [1.165, 1.54) is 0 Å². The molecule has 2 aromatic rings. The van der Waals surface area contributed by atoms with Gasteiger partial charge in [0.25, 0.3) is 11.8 Å². The number of likely N-dealkylation sites (tertiary alicyclic amines) is 1. The van der Waals surface area contributed by atoms with Gasteiger partial charge in [-0.1, -0.05) is 6.92 Å². The highest BCUT2D eigenvalue weighted by Gasteiger charge is 2.34. The van der Waals surface area contributed by atoms with Gasteiger partial charge < -0.3 is 25.0 Å². The maximum atomic E-state index is 13.1. The molecule has 2 atom stereocenters. The Morgan fingerprint density at radius 1 is 0.886 bits per heavy atom. The van der Waals surface area contributed by atoms with Crippen molar-refractivity contribution in [3.05, 3.63) is 59.7 Å². The van der Waals surface area contributed by atoms with E-state index < -0.39 is 6.04 Å². The van der Waals surface area contributed by atoms with E-state index in [1.54, 1.807) is 67.7 Å². The van der Waals surface area contributed by atoms with Gasteiger partial charge in [0.2, 0.25) is 5.91 Å². The van der Waals surface area contributed by atoms with Crippen LogP contribution in [0.3, 0.4) is 0 Å². The Labute approximate surface area is 207 Å². The number of rotatable bonds is 9. The first-order chi connectivity index (χ1) is 16.9. The zero-order valence-electron chi connectivity index (χ0n) is 20.9. The van der Waals surface area contributed by atoms with Crippen LogP contribution in [0, 0.1) is 5.92 Å². The lowest BCUT2D eigenvalue weighted by Crippen LogP contribution is -2.55. The van der Waals surface area contributed by atoms with Crippen LogP contribution in [0.5, 0.6) is 11.5 Å². The van der Waals surface area contributed by atoms with Crippen molar-refractivity contribution in [1.29, 1.82) is 0 Å². The zero-order chi connectivity index (χ0) is 25.4. The van der Waals surface area contributed by atoms with Gasteiger partial charge in [-0.3, -0.25) is 14.4 Å². The molecule has 1 saturated heterocycles. The zero-order valence-corrected chi connectivity index (χ0v) is 20.9. The maximum Gasteiger partial charge on any atom is 0.253 e. The van der Waals surface area contributed by atoms with Crippen LogP contribution < -0.4 is 20.1 Å². The van der Waals surface area contributed by atoms with E-state index in [0.29, 0.717) is 48.6 Å². The highest BCUT2D eigenvalue weighted by molar-refractivity contribution is 5.98. The molecule has 0 bridgehead atoms. The summed E-state index contributed by atoms with van der Waals surface area (Å²) in [4.78, 5) is 40.8. The Morgan fingerprint density at radius 3 is 1.89 bits per heavy atom. The number of methoxy groups -OCH3 is 2. The Hall–Kier alpha value is -3.55. The number of benzene rings is 2. The fourth-order valence-electron chi connectivity index (χ4n) is 4.15. The third-order valence-corrected chi connectivity index (χ3v) is 6.56. The summed E-state index contributed by atoms with van der Waals surface area (Å²) in [5, 5.41) is 5.96. The molecule has 3 amide bonds. The summed E-state index contributed by atoms with van der Waals surface area (Å²) in [5.41, 5.74) is 1.06. The largest absolute Gasteiger partial charge is 0.497 e. The molecule has 0 saturated carbocycles. The fraction of sp³-hybridized carbons (Fsp3) is 0.444. The second kappa shape index (κ2) is 12.2. The molecular formula is C27H35N3O5. The van der Waals surface area contributed by atoms with Gasteiger partial charge in [0.15, 0.2) is 0 Å². The van der Waals surface area contributed by atoms with Crippen LogP contribution in [0.25, 0.3) is 0 Å². The average Bonchev–Trinajstić information content (AvgIpc) is 2.91. The van der Waals surface area contributed by atoms with Crippen molar-refractivity contribution < 1.29 is 23.9 Å². The van der Waals surface area contributed by atoms with Gasteiger partial charge in [-0.05, 0) is 80.6 Å². The van der Waals surface area contributed by atoms with Crippen LogP contribution in [0.2, 0.25) is 0 Å². The van der Waals surface area contributed by atoms with E-state index in [4.69, 9.17) is 9.47 Å². The SMILES string of the molecule is CCC(C)NC(=O)C(NC(=O)c1ccc(OC)cc1)C1CCN(C(=O)c2ccc(OC)cc2)CC1. The van der Waals surface area contributed by atoms with Gasteiger partial charge in [-0.2, -0.15) is 0 Å². The first-order valence-electron chi connectivity index (χ1n) is 12.0. The normalized spacial score (nSPS) is 15.6. The van der Waals surface area contributed by atoms with Crippen LogP contribution in [0.15, 0.2) is 48.5 Å². The summed E-state index contributed by atoms with van der Waals surface area (Å²) in [7, 11) is 3.15. The maximum absolute atomic E-state index is 13.1. The molecule has 1 aliphatic heterocycles. The van der Waals surface area contributed by atoms with Crippen LogP contribution in [0.1, 0.15) is 53.8 Å². The van der Waals surface area contributed by atoms with Gasteiger partial charge >= 0.3 is 0 Å². The number of hydrogen-bond donors (Lipinski definition) is 2. The lowest BCUT2D eigenvalue weighted by atomic mass is 9.88. The first kappa shape index (κ1) is 26.1. The van der Waals surface area contributed by atoms with E-state index in [2.05, 4.69) is 10.6 Å². The Bertz CT molecular complexity index is 998. The second-order valence-corrected chi connectivity index (χ2v) is 8.86. The van der Waals surface area contributed by atoms with Crippen molar-refractivity contribution in [3.8, 4) is 11.5 Å². The number of piperidine rings is 1. The van der Waals surface area contributed by atoms with Gasteiger partial charge in [-0.25, -0.2) is 0 Å². The van der Waals surface area contributed by atoms with Gasteiger partial charge in [-0.15, -0.1) is 0 Å². The second-order valence-electron chi connectivity index (χ2n) is 8.86. The molecule has 35 heavy (non-hydrogen) atoms. The molecule has 0 aliphatic carbocycles. The molecule has 8 nitrogen and oxygen atoms in total. The first-order valence-corrected chi connectivity index (χ1v) is 12.0. The molecule has 2 unspecified atom stereocenters. The third-order valence-electron chi connectivity index (χ3n) is 6.56. The summed E-state index contributed by atoms with van der Waals surface area (Å²) in [6, 6.07) is 13.1. The number of nitrogens with zero attached hydrogens (tertiary/aromatic N) is 1. The van der Waals surface area contributed by atoms with Crippen molar-refractivity contribution in [2.75, 3.05) is 27.3 Å². The minimum absolute atomic E-state index is 0.000345. The predicted octanol–water partition coefficient (Wildman–Crippen LogP) is 3.27. The molecule has 0 radical (unpaired) electrons. The molecular weight excluding hydrogens is 446 g/mol. The average molecular weight is 482 g/mol. The summed E-state index contributed by atoms with van der Waals surface area (Å²) < 4.78 is 10.3. The Balaban J connectivity index is 1.68. The predicted molar refractivity (Wildman–Crippen MR) is 134 cm³/mol. The summed E-state index contributed by atoms with van der Waals surface area (Å²) in [6.07, 6.45) is 2.02. The Morgan fingerprint density at radius 2 is 1.40 bits per heavy atom. The number of ether oxygens (including phenoxy) is 2. The molecule has 0 spiro atoms. The van der Waals surface area contributed by atoms with E-state index in [-0.39, 0.29) is 29.7 Å². The summed E-state index contributed by atoms with van der Waals surface area (Å²) in [5.74, 6) is 0.717. The van der Waals surface area contributed by atoms with Crippen molar-refractivity contribution in [3.63, 3.8) is 0 Å². The summed E-state index contributed by atoms with van der Waals surface area (Å²) in [6.45, 7) is 4.97. The highest BCUT2D eigenvalue weighted by Crippen LogP contribution is 2.24. The smallest absolute Gasteiger partial charge is 0.253 e. The molecule has 188 valence electrons. The van der Waals surface area contributed by atoms with Crippen molar-refractivity contribution in [2.24, 2.45) is 5.92 Å². The van der Waals surface area contributed by atoms with Crippen LogP contribution >= 0.6 is 0 Å². The topological polar surface area (TPSA) is 97.0 Å². The number of hydrogen-bond acceptors (Lipinski definition) is 5. The third kappa shape index (κ3) is 6.74. The van der Waals surface area contributed by atoms with Gasteiger partial charge in [0.05, 0.1) is 14.2 Å². The molecule has 2 N–H and O–H groups in total. The van der Waals surface area contributed by atoms with E-state index in [1.807, 2.05) is 13.8 Å². The minimum atomic E-state index is -0.683. The molecule has 1 fully saturated rings. The van der Waals surface area contributed by atoms with Crippen molar-refractivity contribution in [1.82, 2.24) is 15.5 Å². The van der Waals surface area contributed by atoms with Gasteiger partial charge in [0, 0.05) is 30.3 Å². The number of carbonyl (C=O) groups is 3. The van der Waals surface area contributed by atoms with E-state index in [0.717, 1.165) is 6.42 Å². The molecule has 1 heterocycles. The van der Waals surface area contributed by atoms with Crippen LogP contribution in [-0.2, 0) is 4.79 Å². The molecule has 3 rings (SSSR count). The monoisotopic (exact) mass is 481 g/mol. The lowest BCUT2D eigenvalue weighted by Gasteiger charge is -2.36. The fourth-order valence-corrected chi connectivity index (χ4v) is 4.15. The summed E-state index contributed by atoms with van der Waals surface area (Å²) >= 11 is 0. The molecule has 2 aromatic carbocycles. The van der Waals surface area contributed by atoms with E-state index in [9.17, 15) is 14.4 Å². The van der Waals surface area contributed by atoms with Crippen LogP contribution in [0.4, 0.5) is 0 Å². The molecule has 1 aliphatic rings. The quantitative estimate of drug-likeness (QED) is 0.573. The highest BCUT2D eigenvalue weighted by atomic mass is 16.5.